The molecule has 0 bridgehead atoms. The van der Waals surface area contributed by atoms with Crippen LogP contribution in [0.5, 0.6) is 0 Å². The molecule has 35 valence electrons. The zero-order chi connectivity index (χ0) is 4.71. The number of rotatable bonds is 0. The van der Waals surface area contributed by atoms with Crippen LogP contribution in [-0.4, -0.2) is 6.79 Å². The summed E-state index contributed by atoms with van der Waals surface area (Å²) in [6, 6.07) is 0. The molecule has 1 radical (unpaired) electrons. The molecule has 0 aromatic carbocycles. The summed E-state index contributed by atoms with van der Waals surface area (Å²) in [6.07, 6.45) is 1.00. The van der Waals surface area contributed by atoms with Crippen LogP contribution in [0.3, 0.4) is 0 Å². The average molecular weight is 161 g/mol. The third-order valence-electron chi connectivity index (χ3n) is 0. The quantitative estimate of drug-likeness (QED) is 0.382. The molecule has 0 atom stereocenters. The van der Waals surface area contributed by atoms with Crippen molar-refractivity contribution in [3.05, 3.63) is 6.92 Å². The summed E-state index contributed by atoms with van der Waals surface area (Å²) in [4.78, 5) is 7.75. The first-order valence-electron chi connectivity index (χ1n) is 1.44. The Balaban J connectivity index is -0.0000000275. The maximum Gasteiger partial charge on any atom is 0 e. The molecular weight excluding hydrogens is 153 g/mol. The second-order valence-electron chi connectivity index (χ2n) is 0.500. The molecule has 0 rings (SSSR count). The van der Waals surface area contributed by atoms with E-state index in [0.29, 0.717) is 0 Å². The fourth-order valence-corrected chi connectivity index (χ4v) is 0. The predicted molar refractivity (Wildman–Crippen MR) is 22.4 cm³/mol. The standard InChI is InChI=1S/C3H7.CHO.Y/c1-3-2;1-2;/h1,3H2,2H3;1H;/q2*-1;. The first kappa shape index (κ1) is 15.9. The molecule has 0 heterocycles. The summed E-state index contributed by atoms with van der Waals surface area (Å²) in [6.45, 7) is 8.75. The maximum atomic E-state index is 7.75. The number of hydrogen-bond donors (Lipinski definition) is 0. The van der Waals surface area contributed by atoms with E-state index in [1.54, 1.807) is 0 Å². The van der Waals surface area contributed by atoms with Crippen LogP contribution in [0.15, 0.2) is 0 Å². The maximum absolute atomic E-state index is 7.75. The molecule has 0 saturated heterocycles. The molecule has 0 spiro atoms. The van der Waals surface area contributed by atoms with Gasteiger partial charge in [0, 0.05) is 32.7 Å². The molecule has 0 aromatic rings. The van der Waals surface area contributed by atoms with E-state index < -0.39 is 0 Å². The van der Waals surface area contributed by atoms with Crippen molar-refractivity contribution >= 4 is 6.79 Å². The van der Waals surface area contributed by atoms with E-state index in [1.165, 1.54) is 0 Å². The van der Waals surface area contributed by atoms with Crippen molar-refractivity contribution in [2.24, 2.45) is 0 Å². The van der Waals surface area contributed by atoms with Gasteiger partial charge in [-0.2, -0.15) is 6.42 Å². The molecule has 0 aliphatic carbocycles. The predicted octanol–water partition coefficient (Wildman–Crippen LogP) is 0.954. The van der Waals surface area contributed by atoms with Gasteiger partial charge >= 0.3 is 0 Å². The molecule has 6 heavy (non-hydrogen) atoms. The van der Waals surface area contributed by atoms with E-state index in [2.05, 4.69) is 13.7 Å². The SMILES string of the molecule is [CH-]=O.[CH2-]CC.[Y]. The van der Waals surface area contributed by atoms with Crippen molar-refractivity contribution in [2.45, 2.75) is 13.3 Å². The fraction of sp³-hybridized carbons (Fsp3) is 0.500. The topological polar surface area (TPSA) is 17.1 Å². The Kier molecular flexibility index (Phi) is 111. The molecule has 1 nitrogen and oxygen atoms in total. The van der Waals surface area contributed by atoms with Gasteiger partial charge in [-0.05, 0) is 0 Å². The average Bonchev–Trinajstić information content (AvgIpc) is 1.46. The van der Waals surface area contributed by atoms with E-state index in [1.807, 2.05) is 6.92 Å². The van der Waals surface area contributed by atoms with Gasteiger partial charge < -0.3 is 11.7 Å². The van der Waals surface area contributed by atoms with Gasteiger partial charge in [0.15, 0.2) is 0 Å². The smallest absolute Gasteiger partial charge is 0 e. The van der Waals surface area contributed by atoms with Gasteiger partial charge in [0.1, 0.15) is 0 Å². The molecule has 0 fully saturated rings. The van der Waals surface area contributed by atoms with Crippen LogP contribution in [0.2, 0.25) is 0 Å². The molecule has 0 unspecified atom stereocenters. The zero-order valence-electron chi connectivity index (χ0n) is 3.98. The van der Waals surface area contributed by atoms with Gasteiger partial charge in [0.2, 0.25) is 0 Å². The number of carbonyl (C=O) groups excluding carboxylic acids is 1. The van der Waals surface area contributed by atoms with Gasteiger partial charge in [-0.15, -0.1) is 0 Å². The van der Waals surface area contributed by atoms with Crippen molar-refractivity contribution < 1.29 is 37.5 Å². The molecule has 0 saturated carbocycles. The Hall–Kier alpha value is 0.774. The van der Waals surface area contributed by atoms with Crippen LogP contribution < -0.4 is 0 Å². The first-order valence-corrected chi connectivity index (χ1v) is 1.44. The van der Waals surface area contributed by atoms with Crippen molar-refractivity contribution in [1.29, 1.82) is 0 Å². The van der Waals surface area contributed by atoms with Gasteiger partial charge in [0.25, 0.3) is 0 Å². The Labute approximate surface area is 64.4 Å². The Morgan fingerprint density at radius 2 is 1.67 bits per heavy atom. The fourth-order valence-electron chi connectivity index (χ4n) is 0. The second-order valence-corrected chi connectivity index (χ2v) is 0.500. The Bertz CT molecular complexity index is 11.5. The largest absolute Gasteiger partial charge is 0.545 e. The summed E-state index contributed by atoms with van der Waals surface area (Å²) in [7, 11) is 0. The normalized spacial score (nSPS) is 3.67. The van der Waals surface area contributed by atoms with E-state index in [9.17, 15) is 0 Å². The van der Waals surface area contributed by atoms with Gasteiger partial charge in [-0.1, -0.05) is 6.92 Å². The second kappa shape index (κ2) is 41.8. The van der Waals surface area contributed by atoms with Gasteiger partial charge in [-0.3, -0.25) is 6.79 Å². The van der Waals surface area contributed by atoms with Gasteiger partial charge in [-0.25, -0.2) is 0 Å². The van der Waals surface area contributed by atoms with E-state index in [0.717, 1.165) is 6.42 Å². The van der Waals surface area contributed by atoms with E-state index >= 15 is 0 Å². The number of hydrogen-bond acceptors (Lipinski definition) is 1. The van der Waals surface area contributed by atoms with Crippen LogP contribution in [-0.2, 0) is 37.5 Å². The Morgan fingerprint density at radius 1 is 1.67 bits per heavy atom. The van der Waals surface area contributed by atoms with E-state index in [-0.39, 0.29) is 32.7 Å². The van der Waals surface area contributed by atoms with Crippen molar-refractivity contribution in [3.63, 3.8) is 0 Å². The zero-order valence-corrected chi connectivity index (χ0v) is 6.82. The Morgan fingerprint density at radius 3 is 1.67 bits per heavy atom. The van der Waals surface area contributed by atoms with Crippen molar-refractivity contribution in [3.8, 4) is 0 Å². The summed E-state index contributed by atoms with van der Waals surface area (Å²) >= 11 is 0. The van der Waals surface area contributed by atoms with Crippen LogP contribution in [0.25, 0.3) is 0 Å². The minimum absolute atomic E-state index is 0. The van der Waals surface area contributed by atoms with Crippen molar-refractivity contribution in [2.75, 3.05) is 0 Å². The molecule has 0 aromatic heterocycles. The molecule has 0 aliphatic heterocycles. The van der Waals surface area contributed by atoms with Crippen LogP contribution in [0.4, 0.5) is 0 Å². The molecule has 0 amide bonds. The van der Waals surface area contributed by atoms with E-state index in [4.69, 9.17) is 4.79 Å². The summed E-state index contributed by atoms with van der Waals surface area (Å²) in [5, 5.41) is 0. The van der Waals surface area contributed by atoms with Crippen LogP contribution in [0, 0.1) is 6.92 Å². The molecule has 0 N–H and O–H groups in total. The third kappa shape index (κ3) is 114. The first-order chi connectivity index (χ1) is 2.41. The molecular formula is C4H8OY-2. The molecule has 2 heteroatoms. The van der Waals surface area contributed by atoms with Gasteiger partial charge in [0.05, 0.1) is 0 Å². The third-order valence-corrected chi connectivity index (χ3v) is 0. The summed E-state index contributed by atoms with van der Waals surface area (Å²) in [5.74, 6) is 0. The summed E-state index contributed by atoms with van der Waals surface area (Å²) in [5.41, 5.74) is 0. The summed E-state index contributed by atoms with van der Waals surface area (Å²) < 4.78 is 0. The minimum Gasteiger partial charge on any atom is -0.545 e. The van der Waals surface area contributed by atoms with Crippen molar-refractivity contribution in [1.82, 2.24) is 0 Å². The monoisotopic (exact) mass is 161 g/mol. The van der Waals surface area contributed by atoms with Crippen LogP contribution >= 0.6 is 0 Å². The van der Waals surface area contributed by atoms with Crippen LogP contribution in [0.1, 0.15) is 13.3 Å². The molecule has 0 aliphatic rings. The minimum atomic E-state index is 0.